The van der Waals surface area contributed by atoms with Crippen LogP contribution in [0.2, 0.25) is 0 Å². The molecule has 0 unspecified atom stereocenters. The first kappa shape index (κ1) is 14.7. The fourth-order valence-electron chi connectivity index (χ4n) is 3.16. The molecule has 0 aliphatic heterocycles. The predicted octanol–water partition coefficient (Wildman–Crippen LogP) is 4.45. The molecule has 0 saturated carbocycles. The molecule has 1 atom stereocenters. The summed E-state index contributed by atoms with van der Waals surface area (Å²) in [4.78, 5) is 16.4. The zero-order valence-electron chi connectivity index (χ0n) is 13.1. The average Bonchev–Trinajstić information content (AvgIpc) is 3.16. The summed E-state index contributed by atoms with van der Waals surface area (Å²) in [6, 6.07) is 15.8. The van der Waals surface area contributed by atoms with E-state index in [1.807, 2.05) is 36.4 Å². The second-order valence-electron chi connectivity index (χ2n) is 5.99. The maximum absolute atomic E-state index is 12.4. The first-order valence-electron chi connectivity index (χ1n) is 8.08. The summed E-state index contributed by atoms with van der Waals surface area (Å²) in [6.45, 7) is 0. The van der Waals surface area contributed by atoms with Gasteiger partial charge in [-0.25, -0.2) is 4.98 Å². The Morgan fingerprint density at radius 1 is 1.08 bits per heavy atom. The molecule has 1 aliphatic rings. The predicted molar refractivity (Wildman–Crippen MR) is 89.3 cm³/mol. The summed E-state index contributed by atoms with van der Waals surface area (Å²) >= 11 is 0. The molecule has 0 radical (unpaired) electrons. The number of nitrogens with zero attached hydrogens (tertiary/aromatic N) is 1. The molecule has 0 bridgehead atoms. The SMILES string of the molecule is O=C(c1ncco1)[C@H]1CCc2cc(Oc3ccccc3)ccc2C1. The van der Waals surface area contributed by atoms with Crippen LogP contribution in [0, 0.1) is 5.92 Å². The highest BCUT2D eigenvalue weighted by Gasteiger charge is 2.28. The molecule has 0 N–H and O–H groups in total. The van der Waals surface area contributed by atoms with E-state index in [0.29, 0.717) is 0 Å². The van der Waals surface area contributed by atoms with Gasteiger partial charge in [-0.2, -0.15) is 0 Å². The number of benzene rings is 2. The lowest BCUT2D eigenvalue weighted by molar-refractivity contribution is 0.0873. The number of rotatable bonds is 4. The molecule has 0 fully saturated rings. The minimum Gasteiger partial charge on any atom is -0.457 e. The van der Waals surface area contributed by atoms with Gasteiger partial charge in [0.25, 0.3) is 5.89 Å². The number of carbonyl (C=O) groups excluding carboxylic acids is 1. The number of ketones is 1. The molecule has 4 rings (SSSR count). The van der Waals surface area contributed by atoms with Crippen molar-refractivity contribution in [2.75, 3.05) is 0 Å². The molecule has 0 spiro atoms. The third kappa shape index (κ3) is 2.95. The van der Waals surface area contributed by atoms with Crippen LogP contribution < -0.4 is 4.74 Å². The Labute approximate surface area is 140 Å². The summed E-state index contributed by atoms with van der Waals surface area (Å²) in [5.74, 6) is 1.81. The van der Waals surface area contributed by atoms with Gasteiger partial charge in [-0.3, -0.25) is 4.79 Å². The number of Topliss-reactive ketones (excluding diaryl/α,β-unsaturated/α-hetero) is 1. The lowest BCUT2D eigenvalue weighted by Crippen LogP contribution is -2.23. The number of hydrogen-bond acceptors (Lipinski definition) is 4. The highest BCUT2D eigenvalue weighted by molar-refractivity contribution is 5.94. The largest absolute Gasteiger partial charge is 0.457 e. The van der Waals surface area contributed by atoms with E-state index in [0.717, 1.165) is 30.8 Å². The van der Waals surface area contributed by atoms with Crippen LogP contribution in [0.25, 0.3) is 0 Å². The second-order valence-corrected chi connectivity index (χ2v) is 5.99. The van der Waals surface area contributed by atoms with E-state index in [1.54, 1.807) is 0 Å². The molecule has 4 nitrogen and oxygen atoms in total. The van der Waals surface area contributed by atoms with Gasteiger partial charge < -0.3 is 9.15 Å². The molecular formula is C20H17NO3. The Kier molecular flexibility index (Phi) is 3.87. The zero-order chi connectivity index (χ0) is 16.4. The van der Waals surface area contributed by atoms with Gasteiger partial charge in [0.1, 0.15) is 17.8 Å². The number of aryl methyl sites for hydroxylation is 1. The van der Waals surface area contributed by atoms with Crippen LogP contribution in [0.4, 0.5) is 0 Å². The number of ether oxygens (including phenoxy) is 1. The summed E-state index contributed by atoms with van der Waals surface area (Å²) in [5.41, 5.74) is 2.45. The fraction of sp³-hybridized carbons (Fsp3) is 0.200. The molecule has 4 heteroatoms. The quantitative estimate of drug-likeness (QED) is 0.666. The van der Waals surface area contributed by atoms with Crippen molar-refractivity contribution in [3.05, 3.63) is 78.0 Å². The number of oxazole rings is 1. The Hall–Kier alpha value is -2.88. The molecule has 1 aliphatic carbocycles. The van der Waals surface area contributed by atoms with E-state index in [9.17, 15) is 4.79 Å². The van der Waals surface area contributed by atoms with Crippen LogP contribution >= 0.6 is 0 Å². The lowest BCUT2D eigenvalue weighted by Gasteiger charge is -2.23. The van der Waals surface area contributed by atoms with Crippen LogP contribution in [-0.4, -0.2) is 10.8 Å². The first-order chi connectivity index (χ1) is 11.8. The minimum atomic E-state index is -0.0583. The molecule has 3 aromatic rings. The fourth-order valence-corrected chi connectivity index (χ4v) is 3.16. The van der Waals surface area contributed by atoms with Gasteiger partial charge in [0.15, 0.2) is 0 Å². The lowest BCUT2D eigenvalue weighted by atomic mass is 9.81. The Morgan fingerprint density at radius 3 is 2.75 bits per heavy atom. The first-order valence-corrected chi connectivity index (χ1v) is 8.08. The van der Waals surface area contributed by atoms with E-state index in [2.05, 4.69) is 17.1 Å². The van der Waals surface area contributed by atoms with E-state index in [1.165, 1.54) is 23.6 Å². The normalized spacial score (nSPS) is 16.4. The van der Waals surface area contributed by atoms with E-state index < -0.39 is 0 Å². The molecule has 0 amide bonds. The molecule has 0 saturated heterocycles. The average molecular weight is 319 g/mol. The molecular weight excluding hydrogens is 302 g/mol. The van der Waals surface area contributed by atoms with Crippen molar-refractivity contribution in [1.29, 1.82) is 0 Å². The molecule has 1 heterocycles. The van der Waals surface area contributed by atoms with Gasteiger partial charge >= 0.3 is 0 Å². The topological polar surface area (TPSA) is 52.3 Å². The van der Waals surface area contributed by atoms with Crippen molar-refractivity contribution >= 4 is 5.78 Å². The molecule has 2 aromatic carbocycles. The van der Waals surface area contributed by atoms with E-state index in [-0.39, 0.29) is 17.6 Å². The molecule has 120 valence electrons. The van der Waals surface area contributed by atoms with Crippen LogP contribution in [0.15, 0.2) is 65.4 Å². The van der Waals surface area contributed by atoms with Crippen molar-refractivity contribution in [2.45, 2.75) is 19.3 Å². The smallest absolute Gasteiger partial charge is 0.263 e. The molecule has 24 heavy (non-hydrogen) atoms. The monoisotopic (exact) mass is 319 g/mol. The van der Waals surface area contributed by atoms with Crippen molar-refractivity contribution in [3.8, 4) is 11.5 Å². The van der Waals surface area contributed by atoms with Crippen molar-refractivity contribution < 1.29 is 13.9 Å². The third-order valence-electron chi connectivity index (χ3n) is 4.40. The van der Waals surface area contributed by atoms with Crippen LogP contribution in [0.5, 0.6) is 11.5 Å². The Bertz CT molecular complexity index is 841. The highest BCUT2D eigenvalue weighted by atomic mass is 16.5. The summed E-state index contributed by atoms with van der Waals surface area (Å²) in [7, 11) is 0. The third-order valence-corrected chi connectivity index (χ3v) is 4.40. The minimum absolute atomic E-state index is 0.00439. The number of fused-ring (bicyclic) bond motifs is 1. The van der Waals surface area contributed by atoms with Gasteiger partial charge in [0, 0.05) is 5.92 Å². The Morgan fingerprint density at radius 2 is 1.96 bits per heavy atom. The van der Waals surface area contributed by atoms with Crippen LogP contribution in [-0.2, 0) is 12.8 Å². The van der Waals surface area contributed by atoms with Gasteiger partial charge in [-0.1, -0.05) is 24.3 Å². The standard InChI is InChI=1S/C20H17NO3/c22-19(20-21-10-11-23-20)16-7-6-15-13-18(9-8-14(15)12-16)24-17-4-2-1-3-5-17/h1-5,8-11,13,16H,6-7,12H2/t16-/m0/s1. The van der Waals surface area contributed by atoms with Crippen LogP contribution in [0.3, 0.4) is 0 Å². The highest BCUT2D eigenvalue weighted by Crippen LogP contribution is 2.31. The summed E-state index contributed by atoms with van der Waals surface area (Å²) in [6.07, 6.45) is 5.35. The van der Waals surface area contributed by atoms with Gasteiger partial charge in [0.2, 0.25) is 5.78 Å². The second kappa shape index (κ2) is 6.32. The van der Waals surface area contributed by atoms with Crippen molar-refractivity contribution in [2.24, 2.45) is 5.92 Å². The number of aromatic nitrogens is 1. The number of para-hydroxylation sites is 1. The molecule has 1 aromatic heterocycles. The summed E-state index contributed by atoms with van der Waals surface area (Å²) in [5, 5.41) is 0. The number of hydrogen-bond donors (Lipinski definition) is 0. The maximum atomic E-state index is 12.4. The van der Waals surface area contributed by atoms with E-state index >= 15 is 0 Å². The zero-order valence-corrected chi connectivity index (χ0v) is 13.1. The van der Waals surface area contributed by atoms with Crippen LogP contribution in [0.1, 0.15) is 28.2 Å². The van der Waals surface area contributed by atoms with Crippen molar-refractivity contribution in [1.82, 2.24) is 4.98 Å². The van der Waals surface area contributed by atoms with Gasteiger partial charge in [0.05, 0.1) is 6.20 Å². The van der Waals surface area contributed by atoms with Crippen molar-refractivity contribution in [3.63, 3.8) is 0 Å². The van der Waals surface area contributed by atoms with Gasteiger partial charge in [-0.15, -0.1) is 0 Å². The van der Waals surface area contributed by atoms with Gasteiger partial charge in [-0.05, 0) is 54.7 Å². The number of carbonyl (C=O) groups is 1. The Balaban J connectivity index is 1.50. The summed E-state index contributed by atoms with van der Waals surface area (Å²) < 4.78 is 11.0. The maximum Gasteiger partial charge on any atom is 0.263 e. The van der Waals surface area contributed by atoms with E-state index in [4.69, 9.17) is 9.15 Å².